The zero-order valence-electron chi connectivity index (χ0n) is 8.66. The van der Waals surface area contributed by atoms with Crippen LogP contribution in [0.25, 0.3) is 0 Å². The van der Waals surface area contributed by atoms with Crippen molar-refractivity contribution in [1.29, 1.82) is 5.26 Å². The lowest BCUT2D eigenvalue weighted by atomic mass is 10.2. The Morgan fingerprint density at radius 3 is 3.00 bits per heavy atom. The predicted molar refractivity (Wildman–Crippen MR) is 55.5 cm³/mol. The van der Waals surface area contributed by atoms with E-state index < -0.39 is 0 Å². The van der Waals surface area contributed by atoms with E-state index in [2.05, 4.69) is 10.1 Å². The lowest BCUT2D eigenvalue weighted by Gasteiger charge is -2.00. The zero-order valence-corrected chi connectivity index (χ0v) is 8.66. The third-order valence-corrected chi connectivity index (χ3v) is 2.18. The topological polar surface area (TPSA) is 76.5 Å². The molecule has 80 valence electrons. The van der Waals surface area contributed by atoms with Gasteiger partial charge in [-0.15, -0.1) is 0 Å². The smallest absolute Gasteiger partial charge is 0.277 e. The molecule has 6 nitrogen and oxygen atoms in total. The van der Waals surface area contributed by atoms with Gasteiger partial charge in [0.2, 0.25) is 0 Å². The van der Waals surface area contributed by atoms with Crippen molar-refractivity contribution in [3.8, 4) is 6.07 Å². The lowest BCUT2D eigenvalue weighted by Crippen LogP contribution is -2.22. The Hall–Kier alpha value is -2.42. The summed E-state index contributed by atoms with van der Waals surface area (Å²) in [7, 11) is 1.59. The quantitative estimate of drug-likeness (QED) is 0.700. The summed E-state index contributed by atoms with van der Waals surface area (Å²) in [5.41, 5.74) is 1.01. The first-order valence-corrected chi connectivity index (χ1v) is 4.64. The summed E-state index contributed by atoms with van der Waals surface area (Å²) in [5.74, 6) is 0. The van der Waals surface area contributed by atoms with Gasteiger partial charge in [0.25, 0.3) is 0 Å². The Balaban J connectivity index is 2.31. The van der Waals surface area contributed by atoms with Crippen molar-refractivity contribution in [3.05, 3.63) is 46.4 Å². The number of rotatable bonds is 2. The van der Waals surface area contributed by atoms with Crippen LogP contribution in [-0.4, -0.2) is 19.3 Å². The Morgan fingerprint density at radius 1 is 1.56 bits per heavy atom. The van der Waals surface area contributed by atoms with Crippen LogP contribution < -0.4 is 5.69 Å². The van der Waals surface area contributed by atoms with Crippen LogP contribution in [0.3, 0.4) is 0 Å². The maximum absolute atomic E-state index is 11.5. The van der Waals surface area contributed by atoms with E-state index in [0.29, 0.717) is 12.2 Å². The van der Waals surface area contributed by atoms with E-state index in [-0.39, 0.29) is 5.69 Å². The fourth-order valence-corrected chi connectivity index (χ4v) is 1.36. The van der Waals surface area contributed by atoms with Gasteiger partial charge in [-0.25, -0.2) is 14.5 Å². The van der Waals surface area contributed by atoms with Crippen molar-refractivity contribution in [1.82, 2.24) is 19.3 Å². The van der Waals surface area contributed by atoms with Crippen molar-refractivity contribution in [3.63, 3.8) is 0 Å². The highest BCUT2D eigenvalue weighted by Crippen LogP contribution is 2.01. The van der Waals surface area contributed by atoms with Gasteiger partial charge < -0.3 is 0 Å². The number of hydrogen-bond acceptors (Lipinski definition) is 4. The molecule has 0 aliphatic heterocycles. The summed E-state index contributed by atoms with van der Waals surface area (Å²) < 4.78 is 2.73. The molecule has 2 aromatic heterocycles. The highest BCUT2D eigenvalue weighted by atomic mass is 16.2. The summed E-state index contributed by atoms with van der Waals surface area (Å²) in [6.45, 7) is 0.393. The molecule has 0 aromatic carbocycles. The number of aryl methyl sites for hydroxylation is 1. The van der Waals surface area contributed by atoms with Gasteiger partial charge in [-0.05, 0) is 17.7 Å². The van der Waals surface area contributed by atoms with E-state index in [1.165, 1.54) is 15.6 Å². The maximum atomic E-state index is 11.5. The molecular weight excluding hydrogens is 206 g/mol. The molecule has 0 atom stereocenters. The Morgan fingerprint density at radius 2 is 2.38 bits per heavy atom. The van der Waals surface area contributed by atoms with Crippen LogP contribution in [0.2, 0.25) is 0 Å². The van der Waals surface area contributed by atoms with E-state index >= 15 is 0 Å². The van der Waals surface area contributed by atoms with Crippen LogP contribution in [0.1, 0.15) is 11.3 Å². The minimum Gasteiger partial charge on any atom is -0.277 e. The number of nitriles is 1. The molecule has 0 aliphatic carbocycles. The first-order chi connectivity index (χ1) is 7.70. The maximum Gasteiger partial charge on any atom is 0.345 e. The van der Waals surface area contributed by atoms with E-state index in [1.54, 1.807) is 25.4 Å². The van der Waals surface area contributed by atoms with Gasteiger partial charge in [-0.2, -0.15) is 10.4 Å². The van der Waals surface area contributed by atoms with Gasteiger partial charge >= 0.3 is 5.69 Å². The van der Waals surface area contributed by atoms with Crippen LogP contribution in [0.5, 0.6) is 0 Å². The van der Waals surface area contributed by atoms with Crippen molar-refractivity contribution in [2.24, 2.45) is 7.05 Å². The molecule has 0 aliphatic rings. The highest BCUT2D eigenvalue weighted by molar-refractivity contribution is 5.25. The van der Waals surface area contributed by atoms with Crippen LogP contribution in [0.4, 0.5) is 0 Å². The molecule has 2 rings (SSSR count). The molecule has 0 saturated heterocycles. The lowest BCUT2D eigenvalue weighted by molar-refractivity contribution is 0.691. The summed E-state index contributed by atoms with van der Waals surface area (Å²) in [5, 5.41) is 12.5. The SMILES string of the molecule is Cn1ncn(Cc2ccnc(C#N)c2)c1=O. The van der Waals surface area contributed by atoms with Gasteiger partial charge in [0.15, 0.2) is 0 Å². The molecule has 0 spiro atoms. The van der Waals surface area contributed by atoms with E-state index in [1.807, 2.05) is 6.07 Å². The minimum atomic E-state index is -0.185. The van der Waals surface area contributed by atoms with Gasteiger partial charge in [-0.1, -0.05) is 0 Å². The molecule has 0 radical (unpaired) electrons. The molecule has 0 N–H and O–H groups in total. The second kappa shape index (κ2) is 3.98. The van der Waals surface area contributed by atoms with E-state index in [0.717, 1.165) is 5.56 Å². The summed E-state index contributed by atoms with van der Waals surface area (Å²) in [6, 6.07) is 5.37. The Labute approximate surface area is 91.4 Å². The standard InChI is InChI=1S/C10H9N5O/c1-14-10(16)15(7-13-14)6-8-2-3-12-9(4-8)5-11/h2-4,7H,6H2,1H3. The van der Waals surface area contributed by atoms with Crippen LogP contribution in [-0.2, 0) is 13.6 Å². The largest absolute Gasteiger partial charge is 0.345 e. The molecule has 0 bridgehead atoms. The fraction of sp³-hybridized carbons (Fsp3) is 0.200. The number of nitrogens with zero attached hydrogens (tertiary/aromatic N) is 5. The molecule has 0 saturated carbocycles. The molecule has 2 aromatic rings. The van der Waals surface area contributed by atoms with Crippen LogP contribution in [0.15, 0.2) is 29.5 Å². The Kier molecular flexibility index (Phi) is 2.52. The fourth-order valence-electron chi connectivity index (χ4n) is 1.36. The van der Waals surface area contributed by atoms with Crippen molar-refractivity contribution < 1.29 is 0 Å². The normalized spacial score (nSPS) is 10.0. The molecular formula is C10H9N5O. The van der Waals surface area contributed by atoms with E-state index in [4.69, 9.17) is 5.26 Å². The van der Waals surface area contributed by atoms with E-state index in [9.17, 15) is 4.79 Å². The minimum absolute atomic E-state index is 0.185. The summed E-state index contributed by atoms with van der Waals surface area (Å²) in [4.78, 5) is 15.4. The van der Waals surface area contributed by atoms with Gasteiger partial charge in [0, 0.05) is 13.2 Å². The van der Waals surface area contributed by atoms with Gasteiger partial charge in [0.1, 0.15) is 18.1 Å². The first-order valence-electron chi connectivity index (χ1n) is 4.64. The molecule has 0 fully saturated rings. The third-order valence-electron chi connectivity index (χ3n) is 2.18. The van der Waals surface area contributed by atoms with Gasteiger partial charge in [-0.3, -0.25) is 4.57 Å². The monoisotopic (exact) mass is 215 g/mol. The first kappa shape index (κ1) is 10.1. The van der Waals surface area contributed by atoms with Crippen LogP contribution in [0, 0.1) is 11.3 Å². The highest BCUT2D eigenvalue weighted by Gasteiger charge is 2.02. The number of pyridine rings is 1. The van der Waals surface area contributed by atoms with Crippen LogP contribution >= 0.6 is 0 Å². The number of aromatic nitrogens is 4. The molecule has 16 heavy (non-hydrogen) atoms. The van der Waals surface area contributed by atoms with Gasteiger partial charge in [0.05, 0.1) is 6.54 Å². The van der Waals surface area contributed by atoms with Crippen molar-refractivity contribution in [2.75, 3.05) is 0 Å². The third kappa shape index (κ3) is 1.83. The molecule has 0 unspecified atom stereocenters. The Bertz CT molecular complexity index is 604. The average molecular weight is 215 g/mol. The number of hydrogen-bond donors (Lipinski definition) is 0. The van der Waals surface area contributed by atoms with Crippen molar-refractivity contribution >= 4 is 0 Å². The second-order valence-corrected chi connectivity index (χ2v) is 3.33. The zero-order chi connectivity index (χ0) is 11.5. The summed E-state index contributed by atoms with van der Waals surface area (Å²) >= 11 is 0. The van der Waals surface area contributed by atoms with Crippen molar-refractivity contribution in [2.45, 2.75) is 6.54 Å². The predicted octanol–water partition coefficient (Wildman–Crippen LogP) is -0.103. The molecule has 6 heteroatoms. The summed E-state index contributed by atoms with van der Waals surface area (Å²) in [6.07, 6.45) is 3.02. The molecule has 2 heterocycles. The average Bonchev–Trinajstić information content (AvgIpc) is 2.61. The molecule has 0 amide bonds. The second-order valence-electron chi connectivity index (χ2n) is 3.33.